The van der Waals surface area contributed by atoms with Gasteiger partial charge >= 0.3 is 0 Å². The molecular formula is C16H28N2S2. The monoisotopic (exact) mass is 312 g/mol. The fraction of sp³-hybridized carbons (Fsp3) is 0.938. The molecule has 114 valence electrons. The van der Waals surface area contributed by atoms with Crippen molar-refractivity contribution >= 4 is 28.7 Å². The SMILES string of the molecule is CSC1CCCC(N=C2NC3(CCCC(C)C3)CS2)C1. The standard InChI is InChI=1S/C16H28N2S2/c1-12-5-4-8-16(10-12)11-20-15(18-16)17-13-6-3-7-14(9-13)19-2/h12-14H,3-11H2,1-2H3,(H,17,18). The number of amidine groups is 1. The second kappa shape index (κ2) is 6.51. The highest BCUT2D eigenvalue weighted by atomic mass is 32.2. The molecule has 3 fully saturated rings. The van der Waals surface area contributed by atoms with E-state index in [0.29, 0.717) is 11.6 Å². The third kappa shape index (κ3) is 3.49. The highest BCUT2D eigenvalue weighted by Gasteiger charge is 2.40. The Balaban J connectivity index is 1.60. The van der Waals surface area contributed by atoms with E-state index in [0.717, 1.165) is 11.2 Å². The lowest BCUT2D eigenvalue weighted by Crippen LogP contribution is -2.47. The summed E-state index contributed by atoms with van der Waals surface area (Å²) in [6.45, 7) is 2.41. The average molecular weight is 313 g/mol. The van der Waals surface area contributed by atoms with Gasteiger partial charge in [0.25, 0.3) is 0 Å². The highest BCUT2D eigenvalue weighted by molar-refractivity contribution is 8.14. The van der Waals surface area contributed by atoms with Crippen molar-refractivity contribution in [3.05, 3.63) is 0 Å². The van der Waals surface area contributed by atoms with Crippen LogP contribution in [0.3, 0.4) is 0 Å². The minimum atomic E-state index is 0.384. The number of aliphatic imine (C=N–C) groups is 1. The Labute approximate surface area is 132 Å². The molecule has 3 aliphatic rings. The summed E-state index contributed by atoms with van der Waals surface area (Å²) in [4.78, 5) is 5.06. The second-order valence-electron chi connectivity index (χ2n) is 7.01. The fourth-order valence-electron chi connectivity index (χ4n) is 4.10. The van der Waals surface area contributed by atoms with E-state index in [1.807, 2.05) is 23.5 Å². The minimum Gasteiger partial charge on any atom is -0.359 e. The molecule has 4 heteroatoms. The molecule has 1 heterocycles. The number of thioether (sulfide) groups is 2. The van der Waals surface area contributed by atoms with Crippen molar-refractivity contribution in [2.45, 2.75) is 75.1 Å². The van der Waals surface area contributed by atoms with E-state index >= 15 is 0 Å². The first-order valence-electron chi connectivity index (χ1n) is 8.21. The van der Waals surface area contributed by atoms with E-state index in [9.17, 15) is 0 Å². The van der Waals surface area contributed by atoms with Crippen molar-refractivity contribution in [1.82, 2.24) is 5.32 Å². The number of hydrogen-bond acceptors (Lipinski definition) is 3. The maximum absolute atomic E-state index is 5.06. The lowest BCUT2D eigenvalue weighted by molar-refractivity contribution is 0.242. The van der Waals surface area contributed by atoms with Gasteiger partial charge in [-0.15, -0.1) is 0 Å². The van der Waals surface area contributed by atoms with Crippen molar-refractivity contribution in [3.8, 4) is 0 Å². The summed E-state index contributed by atoms with van der Waals surface area (Å²) in [6, 6.07) is 0.576. The smallest absolute Gasteiger partial charge is 0.157 e. The molecule has 1 aliphatic heterocycles. The molecule has 1 spiro atoms. The summed E-state index contributed by atoms with van der Waals surface area (Å²) in [5, 5.41) is 5.92. The van der Waals surface area contributed by atoms with Gasteiger partial charge in [-0.25, -0.2) is 0 Å². The van der Waals surface area contributed by atoms with Crippen LogP contribution < -0.4 is 5.32 Å². The van der Waals surface area contributed by atoms with E-state index in [4.69, 9.17) is 4.99 Å². The van der Waals surface area contributed by atoms with E-state index in [-0.39, 0.29) is 0 Å². The van der Waals surface area contributed by atoms with E-state index < -0.39 is 0 Å². The Morgan fingerprint density at radius 3 is 3.00 bits per heavy atom. The van der Waals surface area contributed by atoms with Crippen LogP contribution >= 0.6 is 23.5 Å². The van der Waals surface area contributed by atoms with Crippen LogP contribution in [-0.4, -0.2) is 34.0 Å². The predicted molar refractivity (Wildman–Crippen MR) is 93.0 cm³/mol. The Bertz CT molecular complexity index is 371. The number of nitrogens with one attached hydrogen (secondary N) is 1. The third-order valence-electron chi connectivity index (χ3n) is 5.18. The van der Waals surface area contributed by atoms with Crippen molar-refractivity contribution < 1.29 is 0 Å². The molecule has 4 atom stereocenters. The molecule has 4 unspecified atom stereocenters. The zero-order valence-electron chi connectivity index (χ0n) is 12.9. The van der Waals surface area contributed by atoms with Crippen LogP contribution in [0, 0.1) is 5.92 Å². The number of hydrogen-bond donors (Lipinski definition) is 1. The van der Waals surface area contributed by atoms with Gasteiger partial charge in [0.15, 0.2) is 5.17 Å². The molecule has 0 bridgehead atoms. The Kier molecular flexibility index (Phi) is 4.91. The molecule has 0 aromatic rings. The Morgan fingerprint density at radius 2 is 2.20 bits per heavy atom. The van der Waals surface area contributed by atoms with Crippen molar-refractivity contribution in [2.75, 3.05) is 12.0 Å². The first-order chi connectivity index (χ1) is 9.69. The quantitative estimate of drug-likeness (QED) is 0.822. The largest absolute Gasteiger partial charge is 0.359 e. The summed E-state index contributed by atoms with van der Waals surface area (Å²) >= 11 is 4.02. The van der Waals surface area contributed by atoms with Crippen molar-refractivity contribution in [3.63, 3.8) is 0 Å². The van der Waals surface area contributed by atoms with Gasteiger partial charge in [-0.1, -0.05) is 37.9 Å². The van der Waals surface area contributed by atoms with Gasteiger partial charge in [0, 0.05) is 16.5 Å². The van der Waals surface area contributed by atoms with Crippen LogP contribution in [0.5, 0.6) is 0 Å². The van der Waals surface area contributed by atoms with Gasteiger partial charge in [0.1, 0.15) is 0 Å². The fourth-order valence-corrected chi connectivity index (χ4v) is 6.17. The van der Waals surface area contributed by atoms with E-state index in [1.54, 1.807) is 0 Å². The first kappa shape index (κ1) is 15.1. The van der Waals surface area contributed by atoms with Gasteiger partial charge in [-0.3, -0.25) is 4.99 Å². The summed E-state index contributed by atoms with van der Waals surface area (Å²) in [7, 11) is 0. The molecule has 2 saturated carbocycles. The summed E-state index contributed by atoms with van der Waals surface area (Å²) in [5.74, 6) is 2.13. The lowest BCUT2D eigenvalue weighted by Gasteiger charge is -2.36. The van der Waals surface area contributed by atoms with Crippen LogP contribution in [0.4, 0.5) is 0 Å². The van der Waals surface area contributed by atoms with E-state index in [2.05, 4.69) is 18.5 Å². The summed E-state index contributed by atoms with van der Waals surface area (Å²) in [6.07, 6.45) is 13.1. The molecule has 1 N–H and O–H groups in total. The zero-order valence-corrected chi connectivity index (χ0v) is 14.5. The van der Waals surface area contributed by atoms with Gasteiger partial charge < -0.3 is 5.32 Å². The first-order valence-corrected chi connectivity index (χ1v) is 10.5. The number of rotatable bonds is 2. The predicted octanol–water partition coefficient (Wildman–Crippen LogP) is 4.30. The van der Waals surface area contributed by atoms with Crippen LogP contribution in [0.15, 0.2) is 4.99 Å². The van der Waals surface area contributed by atoms with Gasteiger partial charge in [0.05, 0.1) is 6.04 Å². The van der Waals surface area contributed by atoms with Crippen LogP contribution in [0.1, 0.15) is 58.3 Å². The highest BCUT2D eigenvalue weighted by Crippen LogP contribution is 2.39. The van der Waals surface area contributed by atoms with Crippen molar-refractivity contribution in [2.24, 2.45) is 10.9 Å². The molecule has 2 aliphatic carbocycles. The van der Waals surface area contributed by atoms with Gasteiger partial charge in [0.2, 0.25) is 0 Å². The average Bonchev–Trinajstić information content (AvgIpc) is 2.81. The summed E-state index contributed by atoms with van der Waals surface area (Å²) < 4.78 is 0. The van der Waals surface area contributed by atoms with Crippen LogP contribution in [-0.2, 0) is 0 Å². The maximum atomic E-state index is 5.06. The lowest BCUT2D eigenvalue weighted by atomic mass is 9.78. The van der Waals surface area contributed by atoms with Gasteiger partial charge in [-0.05, 0) is 44.3 Å². The normalized spacial score (nSPS) is 43.9. The molecule has 3 rings (SSSR count). The number of nitrogens with zero attached hydrogens (tertiary/aromatic N) is 1. The molecule has 2 nitrogen and oxygen atoms in total. The molecule has 0 aromatic heterocycles. The molecule has 20 heavy (non-hydrogen) atoms. The maximum Gasteiger partial charge on any atom is 0.157 e. The molecular weight excluding hydrogens is 284 g/mol. The zero-order chi connectivity index (χ0) is 14.0. The Hall–Kier alpha value is 0.170. The molecule has 0 radical (unpaired) electrons. The van der Waals surface area contributed by atoms with Crippen molar-refractivity contribution in [1.29, 1.82) is 0 Å². The van der Waals surface area contributed by atoms with Crippen LogP contribution in [0.2, 0.25) is 0 Å². The summed E-state index contributed by atoms with van der Waals surface area (Å²) in [5.41, 5.74) is 0.384. The Morgan fingerprint density at radius 1 is 1.30 bits per heavy atom. The second-order valence-corrected chi connectivity index (χ2v) is 9.11. The molecule has 1 saturated heterocycles. The van der Waals surface area contributed by atoms with E-state index in [1.165, 1.54) is 62.3 Å². The molecule has 0 aromatic carbocycles. The van der Waals surface area contributed by atoms with Gasteiger partial charge in [-0.2, -0.15) is 11.8 Å². The molecule has 0 amide bonds. The van der Waals surface area contributed by atoms with Crippen LogP contribution in [0.25, 0.3) is 0 Å². The topological polar surface area (TPSA) is 24.4 Å². The minimum absolute atomic E-state index is 0.384. The third-order valence-corrected chi connectivity index (χ3v) is 7.45.